The Morgan fingerprint density at radius 3 is 2.88 bits per heavy atom. The van der Waals surface area contributed by atoms with E-state index in [9.17, 15) is 8.78 Å². The third-order valence-corrected chi connectivity index (χ3v) is 4.95. The molecule has 0 aromatic heterocycles. The van der Waals surface area contributed by atoms with Gasteiger partial charge < -0.3 is 5.73 Å². The molecule has 17 heavy (non-hydrogen) atoms. The Labute approximate surface area is 112 Å². The van der Waals surface area contributed by atoms with E-state index < -0.39 is 11.6 Å². The zero-order valence-corrected chi connectivity index (χ0v) is 11.7. The van der Waals surface area contributed by atoms with Crippen molar-refractivity contribution in [3.05, 3.63) is 33.8 Å². The lowest BCUT2D eigenvalue weighted by molar-refractivity contribution is 0.443. The summed E-state index contributed by atoms with van der Waals surface area (Å²) in [6.07, 6.45) is 1.31. The second kappa shape index (κ2) is 5.67. The highest BCUT2D eigenvalue weighted by atomic mass is 79.9. The quantitative estimate of drug-likeness (QED) is 0.864. The van der Waals surface area contributed by atoms with Crippen LogP contribution in [0.2, 0.25) is 0 Å². The predicted molar refractivity (Wildman–Crippen MR) is 71.2 cm³/mol. The van der Waals surface area contributed by atoms with Gasteiger partial charge in [-0.25, -0.2) is 8.78 Å². The van der Waals surface area contributed by atoms with E-state index in [2.05, 4.69) is 15.9 Å². The van der Waals surface area contributed by atoms with Gasteiger partial charge in [0.05, 0.1) is 4.47 Å². The van der Waals surface area contributed by atoms with Crippen molar-refractivity contribution in [3.63, 3.8) is 0 Å². The summed E-state index contributed by atoms with van der Waals surface area (Å²) < 4.78 is 27.6. The molecule has 1 saturated heterocycles. The predicted octanol–water partition coefficient (Wildman–Crippen LogP) is 3.35. The normalized spacial score (nSPS) is 21.8. The number of benzene rings is 1. The molecular weight excluding hydrogens is 308 g/mol. The minimum atomic E-state index is -0.522. The van der Waals surface area contributed by atoms with Crippen molar-refractivity contribution in [1.29, 1.82) is 0 Å². The molecule has 2 atom stereocenters. The molecule has 0 bridgehead atoms. The van der Waals surface area contributed by atoms with Gasteiger partial charge in [-0.15, -0.1) is 0 Å². The summed E-state index contributed by atoms with van der Waals surface area (Å²) in [7, 11) is 0. The van der Waals surface area contributed by atoms with Crippen LogP contribution >= 0.6 is 27.7 Å². The highest BCUT2D eigenvalue weighted by molar-refractivity contribution is 9.10. The highest BCUT2D eigenvalue weighted by Crippen LogP contribution is 2.29. The zero-order chi connectivity index (χ0) is 12.4. The van der Waals surface area contributed by atoms with Crippen molar-refractivity contribution in [2.45, 2.75) is 18.9 Å². The molecule has 1 aliphatic rings. The Morgan fingerprint density at radius 2 is 2.24 bits per heavy atom. The maximum Gasteiger partial charge on any atom is 0.143 e. The molecule has 0 saturated carbocycles. The van der Waals surface area contributed by atoms with Crippen LogP contribution in [0.4, 0.5) is 8.78 Å². The van der Waals surface area contributed by atoms with Crippen LogP contribution in [0, 0.1) is 17.6 Å². The van der Waals surface area contributed by atoms with E-state index in [4.69, 9.17) is 5.73 Å². The summed E-state index contributed by atoms with van der Waals surface area (Å²) in [5.41, 5.74) is 6.14. The van der Waals surface area contributed by atoms with Gasteiger partial charge in [-0.2, -0.15) is 11.8 Å². The van der Waals surface area contributed by atoms with Crippen LogP contribution in [0.25, 0.3) is 0 Å². The average molecular weight is 322 g/mol. The summed E-state index contributed by atoms with van der Waals surface area (Å²) >= 11 is 4.92. The van der Waals surface area contributed by atoms with Crippen molar-refractivity contribution >= 4 is 27.7 Å². The van der Waals surface area contributed by atoms with Crippen molar-refractivity contribution < 1.29 is 8.78 Å². The number of hydrogen-bond donors (Lipinski definition) is 1. The molecule has 1 aliphatic heterocycles. The molecule has 0 radical (unpaired) electrons. The van der Waals surface area contributed by atoms with Crippen LogP contribution in [0.5, 0.6) is 0 Å². The van der Waals surface area contributed by atoms with Gasteiger partial charge in [-0.1, -0.05) is 0 Å². The van der Waals surface area contributed by atoms with Crippen LogP contribution in [0.1, 0.15) is 12.0 Å². The summed E-state index contributed by atoms with van der Waals surface area (Å²) in [4.78, 5) is 0. The van der Waals surface area contributed by atoms with Crippen LogP contribution in [0.3, 0.4) is 0 Å². The number of rotatable bonds is 3. The largest absolute Gasteiger partial charge is 0.327 e. The number of hydrogen-bond acceptors (Lipinski definition) is 2. The van der Waals surface area contributed by atoms with Crippen molar-refractivity contribution in [3.8, 4) is 0 Å². The second-order valence-corrected chi connectivity index (χ2v) is 6.32. The van der Waals surface area contributed by atoms with E-state index in [-0.39, 0.29) is 18.0 Å². The summed E-state index contributed by atoms with van der Waals surface area (Å²) in [5, 5.41) is 0. The second-order valence-electron chi connectivity index (χ2n) is 4.31. The lowest BCUT2D eigenvalue weighted by atomic mass is 9.93. The van der Waals surface area contributed by atoms with E-state index in [1.807, 2.05) is 11.8 Å². The van der Waals surface area contributed by atoms with E-state index in [1.165, 1.54) is 12.1 Å². The molecule has 1 fully saturated rings. The van der Waals surface area contributed by atoms with Gasteiger partial charge in [-0.05, 0) is 58.3 Å². The van der Waals surface area contributed by atoms with Gasteiger partial charge in [0, 0.05) is 11.6 Å². The van der Waals surface area contributed by atoms with Crippen LogP contribution in [-0.4, -0.2) is 17.5 Å². The van der Waals surface area contributed by atoms with Gasteiger partial charge in [-0.3, -0.25) is 0 Å². The molecule has 5 heteroatoms. The van der Waals surface area contributed by atoms with Crippen LogP contribution in [-0.2, 0) is 6.42 Å². The van der Waals surface area contributed by atoms with Gasteiger partial charge in [0.2, 0.25) is 0 Å². The first-order chi connectivity index (χ1) is 8.09. The van der Waals surface area contributed by atoms with Crippen molar-refractivity contribution in [2.75, 3.05) is 11.5 Å². The van der Waals surface area contributed by atoms with Gasteiger partial charge in [0.1, 0.15) is 11.6 Å². The molecule has 1 nitrogen and oxygen atoms in total. The molecule has 1 aromatic rings. The molecule has 0 amide bonds. The molecule has 2 rings (SSSR count). The average Bonchev–Trinajstić information content (AvgIpc) is 2.83. The molecule has 0 spiro atoms. The minimum Gasteiger partial charge on any atom is -0.327 e. The fourth-order valence-corrected chi connectivity index (χ4v) is 3.77. The van der Waals surface area contributed by atoms with Crippen LogP contribution in [0.15, 0.2) is 16.6 Å². The molecule has 2 N–H and O–H groups in total. The Hall–Kier alpha value is -0.130. The Bertz CT molecular complexity index is 408. The fraction of sp³-hybridized carbons (Fsp3) is 0.500. The molecule has 1 aromatic carbocycles. The van der Waals surface area contributed by atoms with E-state index in [1.54, 1.807) is 0 Å². The lowest BCUT2D eigenvalue weighted by Gasteiger charge is -2.19. The molecule has 94 valence electrons. The number of halogens is 3. The third kappa shape index (κ3) is 3.01. The first-order valence-electron chi connectivity index (χ1n) is 5.55. The summed E-state index contributed by atoms with van der Waals surface area (Å²) in [5.74, 6) is 1.44. The maximum atomic E-state index is 13.8. The maximum absolute atomic E-state index is 13.8. The Kier molecular flexibility index (Phi) is 4.44. The first kappa shape index (κ1) is 13.3. The SMILES string of the molecule is NC(Cc1c(F)ccc(Br)c1F)C1CCSC1. The molecule has 1 heterocycles. The summed E-state index contributed by atoms with van der Waals surface area (Å²) in [6, 6.07) is 2.49. The smallest absolute Gasteiger partial charge is 0.143 e. The lowest BCUT2D eigenvalue weighted by Crippen LogP contribution is -2.33. The van der Waals surface area contributed by atoms with E-state index in [0.717, 1.165) is 17.9 Å². The van der Waals surface area contributed by atoms with Gasteiger partial charge in [0.25, 0.3) is 0 Å². The number of thioether (sulfide) groups is 1. The van der Waals surface area contributed by atoms with Crippen molar-refractivity contribution in [1.82, 2.24) is 0 Å². The number of nitrogens with two attached hydrogens (primary N) is 1. The fourth-order valence-electron chi connectivity index (χ4n) is 2.05. The van der Waals surface area contributed by atoms with E-state index >= 15 is 0 Å². The van der Waals surface area contributed by atoms with Gasteiger partial charge >= 0.3 is 0 Å². The van der Waals surface area contributed by atoms with Gasteiger partial charge in [0.15, 0.2) is 0 Å². The first-order valence-corrected chi connectivity index (χ1v) is 7.50. The molecule has 2 unspecified atom stereocenters. The van der Waals surface area contributed by atoms with Crippen LogP contribution < -0.4 is 5.73 Å². The van der Waals surface area contributed by atoms with Crippen molar-refractivity contribution in [2.24, 2.45) is 11.7 Å². The summed E-state index contributed by atoms with van der Waals surface area (Å²) in [6.45, 7) is 0. The monoisotopic (exact) mass is 321 g/mol. The standard InChI is InChI=1S/C12H14BrF2NS/c13-9-1-2-10(14)8(12(9)15)5-11(16)7-3-4-17-6-7/h1-2,7,11H,3-6,16H2. The Balaban J connectivity index is 2.14. The minimum absolute atomic E-state index is 0.101. The molecular formula is C12H14BrF2NS. The zero-order valence-electron chi connectivity index (χ0n) is 9.26. The Morgan fingerprint density at radius 1 is 1.47 bits per heavy atom. The highest BCUT2D eigenvalue weighted by Gasteiger charge is 2.25. The van der Waals surface area contributed by atoms with E-state index in [0.29, 0.717) is 10.4 Å². The molecule has 0 aliphatic carbocycles. The topological polar surface area (TPSA) is 26.0 Å². The third-order valence-electron chi connectivity index (χ3n) is 3.15.